The van der Waals surface area contributed by atoms with E-state index in [0.717, 1.165) is 16.8 Å². The van der Waals surface area contributed by atoms with E-state index in [4.69, 9.17) is 10.4 Å². The number of nitrogens with one attached hydrogen (secondary N) is 1. The Hall–Kier alpha value is -3.72. The van der Waals surface area contributed by atoms with Gasteiger partial charge in [0.15, 0.2) is 5.69 Å². The van der Waals surface area contributed by atoms with Gasteiger partial charge in [0.25, 0.3) is 0 Å². The van der Waals surface area contributed by atoms with E-state index in [1.807, 2.05) is 36.4 Å². The molecule has 0 amide bonds. The summed E-state index contributed by atoms with van der Waals surface area (Å²) in [4.78, 5) is 11.2. The minimum absolute atomic E-state index is 0.138. The minimum Gasteiger partial charge on any atom is -0.476 e. The zero-order valence-corrected chi connectivity index (χ0v) is 12.5. The molecule has 0 unspecified atom stereocenters. The molecule has 0 aliphatic heterocycles. The number of aromatic nitrogens is 2. The molecule has 1 heterocycles. The van der Waals surface area contributed by atoms with Gasteiger partial charge >= 0.3 is 5.97 Å². The Kier molecular flexibility index (Phi) is 4.17. The summed E-state index contributed by atoms with van der Waals surface area (Å²) in [5.74, 6) is -1.14. The van der Waals surface area contributed by atoms with Crippen molar-refractivity contribution in [3.8, 4) is 17.2 Å². The van der Waals surface area contributed by atoms with Crippen LogP contribution in [0.4, 0.5) is 11.4 Å². The molecule has 2 aromatic carbocycles. The first-order chi connectivity index (χ1) is 11.7. The maximum absolute atomic E-state index is 11.2. The highest BCUT2D eigenvalue weighted by Crippen LogP contribution is 2.25. The predicted molar refractivity (Wildman–Crippen MR) is 88.9 cm³/mol. The lowest BCUT2D eigenvalue weighted by atomic mass is 10.0. The predicted octanol–water partition coefficient (Wildman–Crippen LogP) is 3.46. The van der Waals surface area contributed by atoms with Gasteiger partial charge < -0.3 is 10.4 Å². The molecule has 116 valence electrons. The number of hydrogen-bond acceptors (Lipinski definition) is 5. The minimum atomic E-state index is -1.14. The van der Waals surface area contributed by atoms with Crippen LogP contribution >= 0.6 is 0 Å². The van der Waals surface area contributed by atoms with Crippen molar-refractivity contribution in [3.05, 3.63) is 72.1 Å². The second-order valence-electron chi connectivity index (χ2n) is 4.99. The molecule has 3 rings (SSSR count). The van der Waals surface area contributed by atoms with Gasteiger partial charge in [0, 0.05) is 5.69 Å². The SMILES string of the molecule is N#Cc1ccc(-c2cccc(Nc3ccnnc3C(=O)O)c2)cc1. The number of rotatable bonds is 4. The van der Waals surface area contributed by atoms with E-state index >= 15 is 0 Å². The van der Waals surface area contributed by atoms with Crippen LogP contribution < -0.4 is 5.32 Å². The monoisotopic (exact) mass is 316 g/mol. The fourth-order valence-electron chi connectivity index (χ4n) is 2.26. The molecule has 6 heteroatoms. The number of aromatic carboxylic acids is 1. The number of carboxylic acids is 1. The van der Waals surface area contributed by atoms with Crippen molar-refractivity contribution < 1.29 is 9.90 Å². The maximum atomic E-state index is 11.2. The van der Waals surface area contributed by atoms with Crippen molar-refractivity contribution in [1.29, 1.82) is 5.26 Å². The van der Waals surface area contributed by atoms with Crippen LogP contribution in [0.2, 0.25) is 0 Å². The topological polar surface area (TPSA) is 98.9 Å². The molecule has 0 spiro atoms. The first-order valence-electron chi connectivity index (χ1n) is 7.10. The maximum Gasteiger partial charge on any atom is 0.358 e. The van der Waals surface area contributed by atoms with Gasteiger partial charge in [-0.1, -0.05) is 24.3 Å². The first kappa shape index (κ1) is 15.2. The summed E-state index contributed by atoms with van der Waals surface area (Å²) in [6.45, 7) is 0. The second kappa shape index (κ2) is 6.58. The van der Waals surface area contributed by atoms with E-state index < -0.39 is 5.97 Å². The standard InChI is InChI=1S/C18H12N4O2/c19-11-12-4-6-13(7-5-12)14-2-1-3-15(10-14)21-16-8-9-20-22-17(16)18(23)24/h1-10H,(H,20,21)(H,23,24). The lowest BCUT2D eigenvalue weighted by Crippen LogP contribution is -2.06. The fourth-order valence-corrected chi connectivity index (χ4v) is 2.26. The third-order valence-electron chi connectivity index (χ3n) is 3.41. The van der Waals surface area contributed by atoms with Crippen LogP contribution in [0.25, 0.3) is 11.1 Å². The molecule has 0 radical (unpaired) electrons. The second-order valence-corrected chi connectivity index (χ2v) is 4.99. The number of anilines is 2. The smallest absolute Gasteiger partial charge is 0.358 e. The van der Waals surface area contributed by atoms with Gasteiger partial charge in [-0.05, 0) is 41.5 Å². The van der Waals surface area contributed by atoms with Crippen LogP contribution in [-0.2, 0) is 0 Å². The van der Waals surface area contributed by atoms with E-state index in [1.54, 1.807) is 18.2 Å². The summed E-state index contributed by atoms with van der Waals surface area (Å²) in [7, 11) is 0. The largest absolute Gasteiger partial charge is 0.476 e. The van der Waals surface area contributed by atoms with Gasteiger partial charge in [0.1, 0.15) is 0 Å². The Morgan fingerprint density at radius 2 is 1.88 bits per heavy atom. The Morgan fingerprint density at radius 1 is 1.08 bits per heavy atom. The van der Waals surface area contributed by atoms with Gasteiger partial charge in [-0.25, -0.2) is 4.79 Å². The van der Waals surface area contributed by atoms with Gasteiger partial charge in [0.05, 0.1) is 23.5 Å². The zero-order valence-electron chi connectivity index (χ0n) is 12.5. The van der Waals surface area contributed by atoms with Crippen molar-refractivity contribution in [2.75, 3.05) is 5.32 Å². The van der Waals surface area contributed by atoms with Crippen molar-refractivity contribution in [2.24, 2.45) is 0 Å². The summed E-state index contributed by atoms with van der Waals surface area (Å²) in [6, 6.07) is 18.4. The van der Waals surface area contributed by atoms with Crippen molar-refractivity contribution >= 4 is 17.3 Å². The van der Waals surface area contributed by atoms with Crippen LogP contribution in [0, 0.1) is 11.3 Å². The van der Waals surface area contributed by atoms with Crippen molar-refractivity contribution in [2.45, 2.75) is 0 Å². The average molecular weight is 316 g/mol. The van der Waals surface area contributed by atoms with Gasteiger partial charge in [-0.3, -0.25) is 0 Å². The van der Waals surface area contributed by atoms with Crippen LogP contribution in [0.15, 0.2) is 60.8 Å². The highest BCUT2D eigenvalue weighted by atomic mass is 16.4. The number of carboxylic acid groups (broad SMARTS) is 1. The van der Waals surface area contributed by atoms with Crippen LogP contribution in [0.5, 0.6) is 0 Å². The number of nitrogens with zero attached hydrogens (tertiary/aromatic N) is 3. The van der Waals surface area contributed by atoms with Crippen molar-refractivity contribution in [1.82, 2.24) is 10.2 Å². The zero-order chi connectivity index (χ0) is 16.9. The van der Waals surface area contributed by atoms with E-state index in [-0.39, 0.29) is 5.69 Å². The number of nitriles is 1. The van der Waals surface area contributed by atoms with Crippen LogP contribution in [0.1, 0.15) is 16.1 Å². The van der Waals surface area contributed by atoms with E-state index in [2.05, 4.69) is 21.6 Å². The molecule has 0 atom stereocenters. The molecular formula is C18H12N4O2. The Bertz CT molecular complexity index is 930. The fraction of sp³-hybridized carbons (Fsp3) is 0. The Morgan fingerprint density at radius 3 is 2.58 bits per heavy atom. The number of benzene rings is 2. The molecule has 0 aliphatic carbocycles. The summed E-state index contributed by atoms with van der Waals surface area (Å²) in [5.41, 5.74) is 3.47. The van der Waals surface area contributed by atoms with E-state index in [9.17, 15) is 4.79 Å². The molecule has 0 saturated carbocycles. The quantitative estimate of drug-likeness (QED) is 0.764. The molecule has 0 aliphatic rings. The van der Waals surface area contributed by atoms with Gasteiger partial charge in [0.2, 0.25) is 0 Å². The molecule has 1 aromatic heterocycles. The molecule has 2 N–H and O–H groups in total. The highest BCUT2D eigenvalue weighted by molar-refractivity contribution is 5.92. The summed E-state index contributed by atoms with van der Waals surface area (Å²) in [6.07, 6.45) is 1.43. The average Bonchev–Trinajstić information content (AvgIpc) is 2.62. The lowest BCUT2D eigenvalue weighted by molar-refractivity contribution is 0.0690. The summed E-state index contributed by atoms with van der Waals surface area (Å²) < 4.78 is 0. The normalized spacial score (nSPS) is 9.96. The number of hydrogen-bond donors (Lipinski definition) is 2. The molecular weight excluding hydrogens is 304 g/mol. The van der Waals surface area contributed by atoms with E-state index in [0.29, 0.717) is 11.3 Å². The first-order valence-corrected chi connectivity index (χ1v) is 7.10. The third kappa shape index (κ3) is 3.20. The summed E-state index contributed by atoms with van der Waals surface area (Å²) >= 11 is 0. The van der Waals surface area contributed by atoms with Gasteiger partial charge in [-0.15, -0.1) is 5.10 Å². The number of carbonyl (C=O) groups is 1. The molecule has 0 bridgehead atoms. The molecule has 6 nitrogen and oxygen atoms in total. The van der Waals surface area contributed by atoms with Crippen molar-refractivity contribution in [3.63, 3.8) is 0 Å². The highest BCUT2D eigenvalue weighted by Gasteiger charge is 2.12. The Labute approximate surface area is 138 Å². The molecule has 24 heavy (non-hydrogen) atoms. The third-order valence-corrected chi connectivity index (χ3v) is 3.41. The summed E-state index contributed by atoms with van der Waals surface area (Å²) in [5, 5.41) is 28.3. The van der Waals surface area contributed by atoms with E-state index in [1.165, 1.54) is 6.20 Å². The molecule has 0 fully saturated rings. The van der Waals surface area contributed by atoms with Gasteiger partial charge in [-0.2, -0.15) is 10.4 Å². The van der Waals surface area contributed by atoms with Crippen LogP contribution in [0.3, 0.4) is 0 Å². The molecule has 0 saturated heterocycles. The lowest BCUT2D eigenvalue weighted by Gasteiger charge is -2.10. The Balaban J connectivity index is 1.91. The van der Waals surface area contributed by atoms with Crippen LogP contribution in [-0.4, -0.2) is 21.3 Å². The molecule has 3 aromatic rings.